The highest BCUT2D eigenvalue weighted by Gasteiger charge is 2.44. The van der Waals surface area contributed by atoms with Gasteiger partial charge in [-0.05, 0) is 36.1 Å². The Balaban J connectivity index is 0.945. The van der Waals surface area contributed by atoms with E-state index in [0.717, 1.165) is 35.5 Å². The normalized spacial score (nSPS) is 19.4. The molecule has 1 saturated heterocycles. The van der Waals surface area contributed by atoms with Crippen LogP contribution in [0.3, 0.4) is 0 Å². The Morgan fingerprint density at radius 3 is 2.72 bits per heavy atom. The van der Waals surface area contributed by atoms with Crippen LogP contribution in [0, 0.1) is 0 Å². The van der Waals surface area contributed by atoms with E-state index in [4.69, 9.17) is 4.42 Å². The van der Waals surface area contributed by atoms with Crippen molar-refractivity contribution in [2.24, 2.45) is 0 Å². The zero-order valence-electron chi connectivity index (χ0n) is 20.8. The lowest BCUT2D eigenvalue weighted by atomic mass is 10.1. The first-order valence-electron chi connectivity index (χ1n) is 12.7. The zero-order valence-corrected chi connectivity index (χ0v) is 20.8. The van der Waals surface area contributed by atoms with Crippen molar-refractivity contribution in [1.82, 2.24) is 40.5 Å². The van der Waals surface area contributed by atoms with Crippen molar-refractivity contribution in [1.29, 1.82) is 0 Å². The maximum Gasteiger partial charge on any atom is 0.282 e. The summed E-state index contributed by atoms with van der Waals surface area (Å²) in [6.07, 6.45) is 5.38. The largest absolute Gasteiger partial charge is 0.420 e. The number of H-pyrrole nitrogens is 1. The van der Waals surface area contributed by atoms with Crippen LogP contribution in [0.4, 0.5) is 20.4 Å². The van der Waals surface area contributed by atoms with E-state index < -0.39 is 5.92 Å². The molecule has 200 valence electrons. The van der Waals surface area contributed by atoms with Crippen molar-refractivity contribution in [3.63, 3.8) is 0 Å². The van der Waals surface area contributed by atoms with Crippen molar-refractivity contribution in [3.05, 3.63) is 59.0 Å². The standard InChI is InChI=1S/C25H24F2N10O2/c26-25(27)12-37(13-25)18-2-1-14-5-17(6-15(14)7-18)30-24-28-9-16(10-29-24)23-34-33-21(39-23)8-22(38)36-4-3-19-20(11-36)32-35-31-19/h1-2,7,9-10,17H,3-6,8,11-13H2,(H,28,29,30)(H,31,32,35). The predicted molar refractivity (Wildman–Crippen MR) is 133 cm³/mol. The third kappa shape index (κ3) is 4.66. The number of rotatable bonds is 6. The molecule has 2 N–H and O–H groups in total. The van der Waals surface area contributed by atoms with Gasteiger partial charge in [0.05, 0.1) is 30.9 Å². The summed E-state index contributed by atoms with van der Waals surface area (Å²) in [5, 5.41) is 22.2. The van der Waals surface area contributed by atoms with Crippen LogP contribution in [0.2, 0.25) is 0 Å². The van der Waals surface area contributed by atoms with Crippen molar-refractivity contribution < 1.29 is 18.0 Å². The number of anilines is 2. The Kier molecular flexibility index (Phi) is 5.49. The number of nitrogens with zero attached hydrogens (tertiary/aromatic N) is 8. The van der Waals surface area contributed by atoms with Gasteiger partial charge in [-0.3, -0.25) is 4.79 Å². The SMILES string of the molecule is O=C(Cc1nnc(-c2cnc(NC3Cc4ccc(N5CC(F)(F)C5)cc4C3)nc2)o1)N1CCc2n[nH]nc2C1. The molecule has 4 aromatic rings. The zero-order chi connectivity index (χ0) is 26.6. The Bertz CT molecular complexity index is 1530. The van der Waals surface area contributed by atoms with Crippen molar-refractivity contribution >= 4 is 17.5 Å². The Morgan fingerprint density at radius 1 is 1.10 bits per heavy atom. The molecular weight excluding hydrogens is 510 g/mol. The molecule has 14 heteroatoms. The van der Waals surface area contributed by atoms with Crippen LogP contribution in [0.25, 0.3) is 11.5 Å². The number of amides is 1. The van der Waals surface area contributed by atoms with E-state index in [0.29, 0.717) is 31.0 Å². The molecule has 39 heavy (non-hydrogen) atoms. The van der Waals surface area contributed by atoms with Gasteiger partial charge in [0.15, 0.2) is 0 Å². The number of nitrogens with one attached hydrogen (secondary N) is 2. The minimum Gasteiger partial charge on any atom is -0.420 e. The van der Waals surface area contributed by atoms with Gasteiger partial charge in [-0.2, -0.15) is 15.4 Å². The number of alkyl halides is 2. The monoisotopic (exact) mass is 534 g/mol. The fraction of sp³-hybridized carbons (Fsp3) is 0.400. The van der Waals surface area contributed by atoms with E-state index in [-0.39, 0.29) is 43.2 Å². The number of aromatic amines is 1. The highest BCUT2D eigenvalue weighted by Crippen LogP contribution is 2.35. The van der Waals surface area contributed by atoms with E-state index in [1.54, 1.807) is 22.2 Å². The predicted octanol–water partition coefficient (Wildman–Crippen LogP) is 1.81. The molecule has 1 aliphatic carbocycles. The molecule has 5 heterocycles. The fourth-order valence-corrected chi connectivity index (χ4v) is 5.29. The summed E-state index contributed by atoms with van der Waals surface area (Å²) in [6, 6.07) is 6.03. The summed E-state index contributed by atoms with van der Waals surface area (Å²) < 4.78 is 32.2. The van der Waals surface area contributed by atoms with Gasteiger partial charge in [-0.15, -0.1) is 10.2 Å². The van der Waals surface area contributed by atoms with Crippen LogP contribution in [0.1, 0.15) is 28.4 Å². The van der Waals surface area contributed by atoms with Crippen molar-refractivity contribution in [2.75, 3.05) is 29.9 Å². The molecule has 2 aliphatic heterocycles. The van der Waals surface area contributed by atoms with Gasteiger partial charge in [0.1, 0.15) is 12.1 Å². The highest BCUT2D eigenvalue weighted by molar-refractivity contribution is 5.78. The Hall–Kier alpha value is -4.49. The van der Waals surface area contributed by atoms with Crippen molar-refractivity contribution in [2.45, 2.75) is 44.2 Å². The Morgan fingerprint density at radius 2 is 1.90 bits per heavy atom. The first-order valence-corrected chi connectivity index (χ1v) is 12.7. The molecule has 0 radical (unpaired) electrons. The number of benzene rings is 1. The van der Waals surface area contributed by atoms with Gasteiger partial charge < -0.3 is 19.5 Å². The maximum absolute atomic E-state index is 13.2. The molecule has 1 amide bonds. The van der Waals surface area contributed by atoms with Crippen LogP contribution in [0.15, 0.2) is 35.0 Å². The minimum absolute atomic E-state index is 0.00911. The fourth-order valence-electron chi connectivity index (χ4n) is 5.29. The van der Waals surface area contributed by atoms with Crippen LogP contribution in [-0.4, -0.2) is 78.0 Å². The third-order valence-corrected chi connectivity index (χ3v) is 7.35. The molecule has 7 rings (SSSR count). The van der Waals surface area contributed by atoms with Gasteiger partial charge in [-0.1, -0.05) is 6.07 Å². The minimum atomic E-state index is -2.59. The molecule has 3 aliphatic rings. The Labute approximate surface area is 220 Å². The summed E-state index contributed by atoms with van der Waals surface area (Å²) >= 11 is 0. The molecule has 1 unspecified atom stereocenters. The molecule has 3 aromatic heterocycles. The first-order chi connectivity index (χ1) is 18.9. The first kappa shape index (κ1) is 23.6. The number of halogens is 2. The van der Waals surface area contributed by atoms with Crippen LogP contribution in [-0.2, 0) is 37.0 Å². The van der Waals surface area contributed by atoms with Crippen LogP contribution >= 0.6 is 0 Å². The quantitative estimate of drug-likeness (QED) is 0.376. The van der Waals surface area contributed by atoms with E-state index in [9.17, 15) is 13.6 Å². The molecule has 0 bridgehead atoms. The number of carbonyl (C=O) groups excluding carboxylic acids is 1. The topological polar surface area (TPSA) is 142 Å². The van der Waals surface area contributed by atoms with Gasteiger partial charge in [0.25, 0.3) is 11.8 Å². The average Bonchev–Trinajstić information content (AvgIpc) is 3.66. The van der Waals surface area contributed by atoms with E-state index in [1.807, 2.05) is 18.2 Å². The number of carbonyl (C=O) groups is 1. The average molecular weight is 535 g/mol. The van der Waals surface area contributed by atoms with Gasteiger partial charge in [0.2, 0.25) is 17.7 Å². The number of hydrogen-bond donors (Lipinski definition) is 2. The van der Waals surface area contributed by atoms with Gasteiger partial charge in [0, 0.05) is 37.1 Å². The van der Waals surface area contributed by atoms with Crippen molar-refractivity contribution in [3.8, 4) is 11.5 Å². The van der Waals surface area contributed by atoms with Crippen LogP contribution < -0.4 is 10.2 Å². The number of aromatic nitrogens is 7. The summed E-state index contributed by atoms with van der Waals surface area (Å²) in [5.41, 5.74) is 5.39. The van der Waals surface area contributed by atoms with E-state index >= 15 is 0 Å². The lowest BCUT2D eigenvalue weighted by Crippen LogP contribution is -2.56. The molecule has 1 fully saturated rings. The van der Waals surface area contributed by atoms with E-state index in [2.05, 4.69) is 40.9 Å². The summed E-state index contributed by atoms with van der Waals surface area (Å²) in [4.78, 5) is 24.9. The molecule has 1 aromatic carbocycles. The lowest BCUT2D eigenvalue weighted by molar-refractivity contribution is -0.131. The molecule has 12 nitrogen and oxygen atoms in total. The number of fused-ring (bicyclic) bond motifs is 2. The number of hydrogen-bond acceptors (Lipinski definition) is 10. The molecule has 0 spiro atoms. The van der Waals surface area contributed by atoms with Gasteiger partial charge in [-0.25, -0.2) is 18.7 Å². The third-order valence-electron chi connectivity index (χ3n) is 7.35. The molecular formula is C25H24F2N10O2. The second-order valence-electron chi connectivity index (χ2n) is 10.2. The van der Waals surface area contributed by atoms with Crippen LogP contribution in [0.5, 0.6) is 0 Å². The summed E-state index contributed by atoms with van der Waals surface area (Å²) in [6.45, 7) is 0.508. The summed E-state index contributed by atoms with van der Waals surface area (Å²) in [7, 11) is 0. The highest BCUT2D eigenvalue weighted by atomic mass is 19.3. The lowest BCUT2D eigenvalue weighted by Gasteiger charge is -2.40. The smallest absolute Gasteiger partial charge is 0.282 e. The second-order valence-corrected chi connectivity index (χ2v) is 10.2. The summed E-state index contributed by atoms with van der Waals surface area (Å²) in [5.74, 6) is -1.80. The maximum atomic E-state index is 13.2. The molecule has 0 saturated carbocycles. The van der Waals surface area contributed by atoms with Gasteiger partial charge >= 0.3 is 0 Å². The second kappa shape index (κ2) is 9.06. The molecule has 1 atom stereocenters. The van der Waals surface area contributed by atoms with E-state index in [1.165, 1.54) is 5.56 Å².